The molecule has 1 nitrogen and oxygen atoms in total. The molecule has 1 heteroatoms. The van der Waals surface area contributed by atoms with Crippen molar-refractivity contribution in [2.24, 2.45) is 0 Å². The summed E-state index contributed by atoms with van der Waals surface area (Å²) in [5.41, 5.74) is 9.63. The lowest BCUT2D eigenvalue weighted by molar-refractivity contribution is 1.16. The number of nitrogens with two attached hydrogens (primary N) is 1. The quantitative estimate of drug-likeness (QED) is 0.495. The van der Waals surface area contributed by atoms with Crippen LogP contribution in [0.3, 0.4) is 0 Å². The van der Waals surface area contributed by atoms with Crippen molar-refractivity contribution >= 4 is 16.5 Å². The van der Waals surface area contributed by atoms with Gasteiger partial charge in [-0.05, 0) is 29.0 Å². The highest BCUT2D eigenvalue weighted by Gasteiger charge is 2.16. The number of anilines is 1. The van der Waals surface area contributed by atoms with Gasteiger partial charge in [0.1, 0.15) is 0 Å². The van der Waals surface area contributed by atoms with E-state index in [9.17, 15) is 0 Å². The Morgan fingerprint density at radius 1 is 1.00 bits per heavy atom. The number of hydrogen-bond acceptors (Lipinski definition) is 1. The van der Waals surface area contributed by atoms with Gasteiger partial charge in [-0.15, -0.1) is 0 Å². The molecule has 1 aliphatic carbocycles. The van der Waals surface area contributed by atoms with Crippen molar-refractivity contribution in [2.75, 3.05) is 5.73 Å². The van der Waals surface area contributed by atoms with E-state index in [1.165, 1.54) is 21.9 Å². The minimum Gasteiger partial charge on any atom is -0.398 e. The van der Waals surface area contributed by atoms with E-state index in [0.717, 1.165) is 12.1 Å². The van der Waals surface area contributed by atoms with Crippen LogP contribution in [0.25, 0.3) is 10.8 Å². The largest absolute Gasteiger partial charge is 0.398 e. The monoisotopic (exact) mass is 155 g/mol. The van der Waals surface area contributed by atoms with Gasteiger partial charge in [-0.3, -0.25) is 0 Å². The summed E-state index contributed by atoms with van der Waals surface area (Å²) in [6.45, 7) is 0. The maximum absolute atomic E-state index is 5.85. The molecular weight excluding hydrogens is 146 g/mol. The van der Waals surface area contributed by atoms with Gasteiger partial charge in [0.2, 0.25) is 0 Å². The molecule has 0 spiro atoms. The fourth-order valence-corrected chi connectivity index (χ4v) is 1.98. The molecule has 3 rings (SSSR count). The summed E-state index contributed by atoms with van der Waals surface area (Å²) in [6.07, 6.45) is 1.12. The van der Waals surface area contributed by atoms with Crippen LogP contribution in [0.15, 0.2) is 30.3 Å². The molecule has 0 saturated heterocycles. The molecule has 0 unspecified atom stereocenters. The summed E-state index contributed by atoms with van der Waals surface area (Å²) in [7, 11) is 0. The van der Waals surface area contributed by atoms with Crippen LogP contribution in [0.4, 0.5) is 5.69 Å². The fourth-order valence-electron chi connectivity index (χ4n) is 1.98. The Hall–Kier alpha value is -1.50. The molecule has 0 radical (unpaired) electrons. The second kappa shape index (κ2) is 1.81. The molecule has 2 aromatic rings. The van der Waals surface area contributed by atoms with Crippen LogP contribution in [0.5, 0.6) is 0 Å². The average molecular weight is 155 g/mol. The van der Waals surface area contributed by atoms with Gasteiger partial charge in [-0.2, -0.15) is 0 Å². The second-order valence-electron chi connectivity index (χ2n) is 3.33. The van der Waals surface area contributed by atoms with E-state index in [4.69, 9.17) is 5.73 Å². The van der Waals surface area contributed by atoms with Crippen LogP contribution in [-0.2, 0) is 6.42 Å². The summed E-state index contributed by atoms with van der Waals surface area (Å²) >= 11 is 0. The van der Waals surface area contributed by atoms with Gasteiger partial charge in [-0.25, -0.2) is 0 Å². The Morgan fingerprint density at radius 3 is 2.67 bits per heavy atom. The first-order valence-electron chi connectivity index (χ1n) is 4.15. The molecule has 12 heavy (non-hydrogen) atoms. The molecule has 2 N–H and O–H groups in total. The molecule has 0 bridgehead atoms. The molecule has 0 saturated carbocycles. The van der Waals surface area contributed by atoms with Crippen LogP contribution >= 0.6 is 0 Å². The van der Waals surface area contributed by atoms with Gasteiger partial charge in [0.25, 0.3) is 0 Å². The molecule has 0 atom stereocenters. The lowest BCUT2D eigenvalue weighted by Gasteiger charge is -2.20. The van der Waals surface area contributed by atoms with Gasteiger partial charge >= 0.3 is 0 Å². The SMILES string of the molecule is Nc1ccc2c3c(cccc13)C2. The molecular formula is C11H9N. The lowest BCUT2D eigenvalue weighted by atomic mass is 9.84. The summed E-state index contributed by atoms with van der Waals surface area (Å²) in [5, 5.41) is 2.61. The summed E-state index contributed by atoms with van der Waals surface area (Å²) in [6, 6.07) is 10.5. The standard InChI is InChI=1S/C11H9N/c12-10-5-4-8-6-7-2-1-3-9(10)11(7)8/h1-5H,6,12H2. The summed E-state index contributed by atoms with van der Waals surface area (Å²) < 4.78 is 0. The highest BCUT2D eigenvalue weighted by molar-refractivity contribution is 6.01. The van der Waals surface area contributed by atoms with Crippen molar-refractivity contribution in [3.63, 3.8) is 0 Å². The first-order chi connectivity index (χ1) is 5.86. The number of hydrogen-bond donors (Lipinski definition) is 1. The first-order valence-corrected chi connectivity index (χ1v) is 4.15. The smallest absolute Gasteiger partial charge is 0.0394 e. The number of nitrogen functional groups attached to an aromatic ring is 1. The topological polar surface area (TPSA) is 26.0 Å². The third-order valence-electron chi connectivity index (χ3n) is 2.63. The normalized spacial score (nSPS) is 13.0. The lowest BCUT2D eigenvalue weighted by Crippen LogP contribution is -2.04. The van der Waals surface area contributed by atoms with E-state index in [1.807, 2.05) is 6.07 Å². The summed E-state index contributed by atoms with van der Waals surface area (Å²) in [5.74, 6) is 0. The van der Waals surface area contributed by atoms with Gasteiger partial charge in [0, 0.05) is 11.1 Å². The third-order valence-corrected chi connectivity index (χ3v) is 2.63. The Kier molecular flexibility index (Phi) is 0.912. The van der Waals surface area contributed by atoms with Gasteiger partial charge in [0.05, 0.1) is 0 Å². The molecule has 1 aliphatic rings. The zero-order valence-corrected chi connectivity index (χ0v) is 6.67. The van der Waals surface area contributed by atoms with Crippen LogP contribution in [0.1, 0.15) is 11.1 Å². The highest BCUT2D eigenvalue weighted by Crippen LogP contribution is 2.36. The highest BCUT2D eigenvalue weighted by atomic mass is 14.6. The second-order valence-corrected chi connectivity index (χ2v) is 3.33. The van der Waals surface area contributed by atoms with E-state index in [0.29, 0.717) is 0 Å². The molecule has 58 valence electrons. The minimum absolute atomic E-state index is 0.898. The van der Waals surface area contributed by atoms with Crippen molar-refractivity contribution in [1.82, 2.24) is 0 Å². The van der Waals surface area contributed by atoms with Crippen LogP contribution in [0.2, 0.25) is 0 Å². The first kappa shape index (κ1) is 6.06. The maximum atomic E-state index is 5.85. The molecule has 0 aromatic heterocycles. The van der Waals surface area contributed by atoms with Gasteiger partial charge in [-0.1, -0.05) is 24.3 Å². The van der Waals surface area contributed by atoms with Crippen LogP contribution < -0.4 is 5.73 Å². The molecule has 0 amide bonds. The molecule has 0 heterocycles. The van der Waals surface area contributed by atoms with E-state index in [2.05, 4.69) is 24.3 Å². The van der Waals surface area contributed by atoms with E-state index >= 15 is 0 Å². The molecule has 2 aromatic carbocycles. The van der Waals surface area contributed by atoms with Crippen molar-refractivity contribution < 1.29 is 0 Å². The van der Waals surface area contributed by atoms with E-state index in [1.54, 1.807) is 0 Å². The Labute approximate surface area is 70.8 Å². The Morgan fingerprint density at radius 2 is 1.83 bits per heavy atom. The van der Waals surface area contributed by atoms with Crippen molar-refractivity contribution in [1.29, 1.82) is 0 Å². The summed E-state index contributed by atoms with van der Waals surface area (Å²) in [4.78, 5) is 0. The van der Waals surface area contributed by atoms with Crippen molar-refractivity contribution in [2.45, 2.75) is 6.42 Å². The zero-order valence-electron chi connectivity index (χ0n) is 6.67. The maximum Gasteiger partial charge on any atom is 0.0394 e. The predicted octanol–water partition coefficient (Wildman–Crippen LogP) is 2.33. The number of benzene rings is 2. The Bertz CT molecular complexity index is 446. The minimum atomic E-state index is 0.898. The van der Waals surface area contributed by atoms with Crippen LogP contribution in [0, 0.1) is 0 Å². The third kappa shape index (κ3) is 0.549. The van der Waals surface area contributed by atoms with Gasteiger partial charge < -0.3 is 5.73 Å². The van der Waals surface area contributed by atoms with Gasteiger partial charge in [0.15, 0.2) is 0 Å². The van der Waals surface area contributed by atoms with E-state index in [-0.39, 0.29) is 0 Å². The number of rotatable bonds is 0. The molecule has 0 fully saturated rings. The molecule has 0 aliphatic heterocycles. The zero-order chi connectivity index (χ0) is 8.13. The fraction of sp³-hybridized carbons (Fsp3) is 0.0909. The van der Waals surface area contributed by atoms with Crippen molar-refractivity contribution in [3.05, 3.63) is 41.5 Å². The average Bonchev–Trinajstić information content (AvgIpc) is 2.05. The van der Waals surface area contributed by atoms with E-state index < -0.39 is 0 Å². The Balaban J connectivity index is 2.59. The van der Waals surface area contributed by atoms with Crippen LogP contribution in [-0.4, -0.2) is 0 Å². The predicted molar refractivity (Wildman–Crippen MR) is 51.2 cm³/mol. The van der Waals surface area contributed by atoms with Crippen molar-refractivity contribution in [3.8, 4) is 0 Å².